The molecule has 0 aliphatic rings. The van der Waals surface area contributed by atoms with Gasteiger partial charge in [-0.3, -0.25) is 13.9 Å². The van der Waals surface area contributed by atoms with E-state index in [2.05, 4.69) is 5.32 Å². The number of benzene rings is 4. The number of carbonyl (C=O) groups is 2. The van der Waals surface area contributed by atoms with Crippen LogP contribution in [0.15, 0.2) is 102 Å². The van der Waals surface area contributed by atoms with E-state index in [1.807, 2.05) is 76.2 Å². The lowest BCUT2D eigenvalue weighted by Gasteiger charge is -2.34. The molecule has 2 amide bonds. The average Bonchev–Trinajstić information content (AvgIpc) is 3.02. The number of halogens is 1. The SMILES string of the molecule is CCCCNC(=O)C(Cc1ccccc1)N(Cc1cccc(Cl)c1)C(=O)CN(c1ccc(C)cc1C)S(=O)(=O)c1ccc(C)cc1. The molecular formula is C37H42ClN3O4S. The summed E-state index contributed by atoms with van der Waals surface area (Å²) in [6.07, 6.45) is 1.94. The van der Waals surface area contributed by atoms with Gasteiger partial charge in [0.15, 0.2) is 0 Å². The van der Waals surface area contributed by atoms with Crippen molar-refractivity contribution in [2.24, 2.45) is 0 Å². The lowest BCUT2D eigenvalue weighted by Crippen LogP contribution is -2.53. The molecule has 4 aromatic rings. The van der Waals surface area contributed by atoms with E-state index in [9.17, 15) is 18.0 Å². The summed E-state index contributed by atoms with van der Waals surface area (Å²) in [5, 5.41) is 3.50. The number of aryl methyl sites for hydroxylation is 3. The van der Waals surface area contributed by atoms with Gasteiger partial charge in [-0.05, 0) is 74.2 Å². The van der Waals surface area contributed by atoms with Gasteiger partial charge in [0.05, 0.1) is 10.6 Å². The molecule has 1 N–H and O–H groups in total. The molecule has 0 aromatic heterocycles. The largest absolute Gasteiger partial charge is 0.354 e. The second-order valence-electron chi connectivity index (χ2n) is 11.6. The minimum atomic E-state index is -4.17. The Morgan fingerprint density at radius 2 is 1.50 bits per heavy atom. The van der Waals surface area contributed by atoms with E-state index in [1.165, 1.54) is 4.90 Å². The number of amides is 2. The molecule has 0 radical (unpaired) electrons. The number of carbonyl (C=O) groups excluding carboxylic acids is 2. The van der Waals surface area contributed by atoms with Crippen molar-refractivity contribution in [3.8, 4) is 0 Å². The number of hydrogen-bond acceptors (Lipinski definition) is 4. The van der Waals surface area contributed by atoms with Gasteiger partial charge in [-0.2, -0.15) is 0 Å². The van der Waals surface area contributed by atoms with Gasteiger partial charge in [0.2, 0.25) is 11.8 Å². The Balaban J connectivity index is 1.81. The fourth-order valence-electron chi connectivity index (χ4n) is 5.33. The second-order valence-corrected chi connectivity index (χ2v) is 13.9. The zero-order chi connectivity index (χ0) is 33.3. The van der Waals surface area contributed by atoms with Crippen LogP contribution in [0.25, 0.3) is 0 Å². The molecule has 0 fully saturated rings. The van der Waals surface area contributed by atoms with E-state index in [0.717, 1.165) is 39.4 Å². The van der Waals surface area contributed by atoms with Gasteiger partial charge in [-0.15, -0.1) is 0 Å². The lowest BCUT2D eigenvalue weighted by atomic mass is 10.0. The van der Waals surface area contributed by atoms with Crippen LogP contribution in [0.3, 0.4) is 0 Å². The number of hydrogen-bond donors (Lipinski definition) is 1. The maximum atomic E-state index is 14.6. The van der Waals surface area contributed by atoms with Gasteiger partial charge in [0, 0.05) is 24.5 Å². The maximum Gasteiger partial charge on any atom is 0.264 e. The molecule has 9 heteroatoms. The van der Waals surface area contributed by atoms with Crippen LogP contribution < -0.4 is 9.62 Å². The summed E-state index contributed by atoms with van der Waals surface area (Å²) in [5.41, 5.74) is 4.59. The first-order valence-corrected chi connectivity index (χ1v) is 17.3. The Hall–Kier alpha value is -4.14. The number of rotatable bonds is 14. The summed E-state index contributed by atoms with van der Waals surface area (Å²) in [6, 6.07) is 27.7. The summed E-state index contributed by atoms with van der Waals surface area (Å²) in [4.78, 5) is 30.0. The highest BCUT2D eigenvalue weighted by atomic mass is 35.5. The van der Waals surface area contributed by atoms with Crippen LogP contribution in [0.5, 0.6) is 0 Å². The molecule has 7 nitrogen and oxygen atoms in total. The van der Waals surface area contributed by atoms with Crippen molar-refractivity contribution in [3.05, 3.63) is 130 Å². The van der Waals surface area contributed by atoms with Crippen LogP contribution >= 0.6 is 11.6 Å². The lowest BCUT2D eigenvalue weighted by molar-refractivity contribution is -0.140. The van der Waals surface area contributed by atoms with Crippen LogP contribution in [-0.4, -0.2) is 44.3 Å². The van der Waals surface area contributed by atoms with E-state index >= 15 is 0 Å². The zero-order valence-electron chi connectivity index (χ0n) is 26.9. The quantitative estimate of drug-likeness (QED) is 0.148. The van der Waals surface area contributed by atoms with Crippen molar-refractivity contribution < 1.29 is 18.0 Å². The highest BCUT2D eigenvalue weighted by molar-refractivity contribution is 7.92. The van der Waals surface area contributed by atoms with Crippen LogP contribution in [0.1, 0.15) is 47.6 Å². The Labute approximate surface area is 278 Å². The number of nitrogens with zero attached hydrogens (tertiary/aromatic N) is 2. The molecule has 46 heavy (non-hydrogen) atoms. The predicted octanol–water partition coefficient (Wildman–Crippen LogP) is 7.02. The Kier molecular flexibility index (Phi) is 12.0. The van der Waals surface area contributed by atoms with Gasteiger partial charge < -0.3 is 10.2 Å². The predicted molar refractivity (Wildman–Crippen MR) is 185 cm³/mol. The molecular weight excluding hydrogens is 618 g/mol. The highest BCUT2D eigenvalue weighted by Crippen LogP contribution is 2.29. The monoisotopic (exact) mass is 659 g/mol. The van der Waals surface area contributed by atoms with E-state index in [4.69, 9.17) is 11.6 Å². The molecule has 0 saturated heterocycles. The third-order valence-corrected chi connectivity index (χ3v) is 9.86. The van der Waals surface area contributed by atoms with Gasteiger partial charge in [-0.1, -0.05) is 103 Å². The Morgan fingerprint density at radius 3 is 2.15 bits per heavy atom. The van der Waals surface area contributed by atoms with Crippen LogP contribution in [0.4, 0.5) is 5.69 Å². The van der Waals surface area contributed by atoms with Crippen LogP contribution in [-0.2, 0) is 32.6 Å². The van der Waals surface area contributed by atoms with E-state index in [0.29, 0.717) is 22.8 Å². The summed E-state index contributed by atoms with van der Waals surface area (Å²) in [5.74, 6) is -0.811. The third kappa shape index (κ3) is 8.98. The molecule has 0 aliphatic heterocycles. The number of unbranched alkanes of at least 4 members (excludes halogenated alkanes) is 1. The smallest absolute Gasteiger partial charge is 0.264 e. The van der Waals surface area contributed by atoms with Crippen molar-refractivity contribution in [2.45, 2.75) is 64.4 Å². The van der Waals surface area contributed by atoms with Gasteiger partial charge in [0.25, 0.3) is 10.0 Å². The molecule has 4 rings (SSSR count). The molecule has 0 spiro atoms. The molecule has 1 unspecified atom stereocenters. The van der Waals surface area contributed by atoms with Crippen LogP contribution in [0.2, 0.25) is 5.02 Å². The second kappa shape index (κ2) is 15.9. The fraction of sp³-hybridized carbons (Fsp3) is 0.297. The molecule has 242 valence electrons. The van der Waals surface area contributed by atoms with Gasteiger partial charge in [0.1, 0.15) is 12.6 Å². The molecule has 4 aromatic carbocycles. The molecule has 0 aliphatic carbocycles. The number of nitrogens with one attached hydrogen (secondary N) is 1. The van der Waals surface area contributed by atoms with Crippen molar-refractivity contribution in [3.63, 3.8) is 0 Å². The van der Waals surface area contributed by atoms with Crippen molar-refractivity contribution in [1.82, 2.24) is 10.2 Å². The summed E-state index contributed by atoms with van der Waals surface area (Å²) < 4.78 is 29.7. The van der Waals surface area contributed by atoms with Crippen molar-refractivity contribution >= 4 is 39.1 Å². The minimum Gasteiger partial charge on any atom is -0.354 e. The van der Waals surface area contributed by atoms with Crippen molar-refractivity contribution in [1.29, 1.82) is 0 Å². The maximum absolute atomic E-state index is 14.6. The zero-order valence-corrected chi connectivity index (χ0v) is 28.4. The molecule has 0 heterocycles. The first-order chi connectivity index (χ1) is 22.0. The highest BCUT2D eigenvalue weighted by Gasteiger charge is 2.35. The number of sulfonamides is 1. The molecule has 0 bridgehead atoms. The third-order valence-electron chi connectivity index (χ3n) is 7.85. The minimum absolute atomic E-state index is 0.0589. The number of anilines is 1. The normalized spacial score (nSPS) is 11.9. The Bertz CT molecular complexity index is 1740. The standard InChI is InChI=1S/C37H42ClN3O4S/c1-5-6-21-39-37(43)35(24-30-11-8-7-9-12-30)40(25-31-13-10-14-32(38)23-31)36(42)26-41(34-20-17-28(3)22-29(34)4)46(44,45)33-18-15-27(2)16-19-33/h7-20,22-23,35H,5-6,21,24-26H2,1-4H3,(H,39,43). The van der Waals surface area contributed by atoms with Crippen LogP contribution in [0, 0.1) is 20.8 Å². The topological polar surface area (TPSA) is 86.8 Å². The fourth-order valence-corrected chi connectivity index (χ4v) is 7.02. The van der Waals surface area contributed by atoms with E-state index in [-0.39, 0.29) is 23.8 Å². The first-order valence-electron chi connectivity index (χ1n) is 15.5. The molecule has 1 atom stereocenters. The Morgan fingerprint density at radius 1 is 0.826 bits per heavy atom. The average molecular weight is 660 g/mol. The van der Waals surface area contributed by atoms with E-state index < -0.39 is 28.5 Å². The van der Waals surface area contributed by atoms with Gasteiger partial charge >= 0.3 is 0 Å². The first kappa shape index (κ1) is 34.7. The molecule has 0 saturated carbocycles. The van der Waals surface area contributed by atoms with E-state index in [1.54, 1.807) is 48.5 Å². The summed E-state index contributed by atoms with van der Waals surface area (Å²) >= 11 is 6.33. The summed E-state index contributed by atoms with van der Waals surface area (Å²) in [7, 11) is -4.17. The van der Waals surface area contributed by atoms with Crippen molar-refractivity contribution in [2.75, 3.05) is 17.4 Å². The van der Waals surface area contributed by atoms with Gasteiger partial charge in [-0.25, -0.2) is 8.42 Å². The summed E-state index contributed by atoms with van der Waals surface area (Å²) in [6.45, 7) is 7.70.